The van der Waals surface area contributed by atoms with E-state index in [4.69, 9.17) is 9.47 Å². The van der Waals surface area contributed by atoms with Gasteiger partial charge in [-0.15, -0.1) is 0 Å². The minimum atomic E-state index is -0.143. The molecule has 3 aromatic heterocycles. The molecule has 9 heteroatoms. The third-order valence-electron chi connectivity index (χ3n) is 6.42. The first-order chi connectivity index (χ1) is 17.1. The Balaban J connectivity index is 1.34. The molecular weight excluding hydrogens is 444 g/mol. The first-order valence-electron chi connectivity index (χ1n) is 11.6. The van der Waals surface area contributed by atoms with E-state index in [-0.39, 0.29) is 11.8 Å². The van der Waals surface area contributed by atoms with Gasteiger partial charge in [0.1, 0.15) is 23.5 Å². The second kappa shape index (κ2) is 9.71. The average Bonchev–Trinajstić information content (AvgIpc) is 3.29. The minimum Gasteiger partial charge on any atom is -0.496 e. The molecule has 35 heavy (non-hydrogen) atoms. The van der Waals surface area contributed by atoms with Crippen LogP contribution in [0.2, 0.25) is 0 Å². The third-order valence-corrected chi connectivity index (χ3v) is 6.42. The maximum atomic E-state index is 12.0. The molecule has 4 heterocycles. The number of rotatable bonds is 8. The van der Waals surface area contributed by atoms with Gasteiger partial charge < -0.3 is 24.7 Å². The Morgan fingerprint density at radius 1 is 1.20 bits per heavy atom. The first-order valence-corrected chi connectivity index (χ1v) is 11.6. The molecule has 0 unspecified atom stereocenters. The number of benzene rings is 1. The lowest BCUT2D eigenvalue weighted by molar-refractivity contribution is -0.0216. The summed E-state index contributed by atoms with van der Waals surface area (Å²) in [7, 11) is 3.23. The van der Waals surface area contributed by atoms with Crippen molar-refractivity contribution < 1.29 is 14.3 Å². The number of hydrogen-bond acceptors (Lipinski definition) is 7. The van der Waals surface area contributed by atoms with E-state index in [0.717, 1.165) is 46.9 Å². The fourth-order valence-electron chi connectivity index (χ4n) is 4.33. The van der Waals surface area contributed by atoms with Crippen LogP contribution in [-0.2, 0) is 4.74 Å². The predicted molar refractivity (Wildman–Crippen MR) is 134 cm³/mol. The summed E-state index contributed by atoms with van der Waals surface area (Å²) in [5.41, 5.74) is 4.36. The average molecular weight is 473 g/mol. The van der Waals surface area contributed by atoms with Gasteiger partial charge in [0.15, 0.2) is 0 Å². The molecule has 0 saturated carbocycles. The Bertz CT molecular complexity index is 1360. The van der Waals surface area contributed by atoms with Crippen LogP contribution in [0.25, 0.3) is 22.3 Å². The summed E-state index contributed by atoms with van der Waals surface area (Å²) in [5.74, 6) is 1.40. The zero-order chi connectivity index (χ0) is 24.4. The third kappa shape index (κ3) is 4.42. The number of carbonyl (C=O) groups is 1. The van der Waals surface area contributed by atoms with Gasteiger partial charge in [0.2, 0.25) is 0 Å². The summed E-state index contributed by atoms with van der Waals surface area (Å²) < 4.78 is 13.1. The highest BCUT2D eigenvalue weighted by Crippen LogP contribution is 2.31. The number of fused-ring (bicyclic) bond motifs is 1. The molecule has 1 aliphatic heterocycles. The minimum absolute atomic E-state index is 0.119. The monoisotopic (exact) mass is 472 g/mol. The number of pyridine rings is 1. The van der Waals surface area contributed by atoms with Crippen LogP contribution in [0, 0.1) is 0 Å². The van der Waals surface area contributed by atoms with Crippen LogP contribution in [0.4, 0.5) is 5.82 Å². The highest BCUT2D eigenvalue weighted by atomic mass is 16.5. The maximum Gasteiger partial charge on any atom is 0.251 e. The zero-order valence-corrected chi connectivity index (χ0v) is 20.0. The molecule has 0 aliphatic carbocycles. The highest BCUT2D eigenvalue weighted by Gasteiger charge is 2.23. The summed E-state index contributed by atoms with van der Waals surface area (Å²) >= 11 is 0. The summed E-state index contributed by atoms with van der Waals surface area (Å²) in [6, 6.07) is 11.9. The topological polar surface area (TPSA) is 103 Å². The van der Waals surface area contributed by atoms with Gasteiger partial charge in [-0.1, -0.05) is 13.0 Å². The lowest BCUT2D eigenvalue weighted by atomic mass is 9.98. The number of amides is 1. The largest absolute Gasteiger partial charge is 0.496 e. The van der Waals surface area contributed by atoms with Crippen molar-refractivity contribution in [2.45, 2.75) is 18.9 Å². The van der Waals surface area contributed by atoms with Crippen LogP contribution >= 0.6 is 0 Å². The molecule has 0 radical (unpaired) electrons. The van der Waals surface area contributed by atoms with Crippen molar-refractivity contribution in [2.75, 3.05) is 39.2 Å². The number of hydrogen-bond donors (Lipinski definition) is 2. The number of aromatic nitrogens is 4. The van der Waals surface area contributed by atoms with E-state index in [1.807, 2.05) is 30.5 Å². The lowest BCUT2D eigenvalue weighted by Crippen LogP contribution is -2.30. The van der Waals surface area contributed by atoms with Crippen molar-refractivity contribution in [2.24, 2.45) is 0 Å². The van der Waals surface area contributed by atoms with Gasteiger partial charge in [0.25, 0.3) is 5.91 Å². The molecule has 2 N–H and O–H groups in total. The smallest absolute Gasteiger partial charge is 0.251 e. The van der Waals surface area contributed by atoms with Crippen molar-refractivity contribution in [1.29, 1.82) is 0 Å². The number of nitrogens with one attached hydrogen (secondary N) is 2. The van der Waals surface area contributed by atoms with Crippen LogP contribution in [0.5, 0.6) is 5.75 Å². The van der Waals surface area contributed by atoms with Gasteiger partial charge in [-0.05, 0) is 29.8 Å². The second-order valence-corrected chi connectivity index (χ2v) is 8.62. The molecule has 1 atom stereocenters. The lowest BCUT2D eigenvalue weighted by Gasteiger charge is -2.27. The molecule has 1 aliphatic rings. The van der Waals surface area contributed by atoms with Crippen LogP contribution < -0.4 is 15.4 Å². The van der Waals surface area contributed by atoms with E-state index < -0.39 is 0 Å². The molecule has 4 aromatic rings. The van der Waals surface area contributed by atoms with Crippen LogP contribution in [0.3, 0.4) is 0 Å². The Hall–Kier alpha value is -3.98. The predicted octanol–water partition coefficient (Wildman–Crippen LogP) is 3.65. The van der Waals surface area contributed by atoms with Gasteiger partial charge in [-0.3, -0.25) is 4.79 Å². The van der Waals surface area contributed by atoms with Crippen molar-refractivity contribution >= 4 is 22.8 Å². The SMILES string of the molecule is CNC(=O)c1ccc([C@H](C)CNc2cc(-c3ccnc4c3ccn4C3COC3)ncn2)c(OC)c1. The van der Waals surface area contributed by atoms with Crippen LogP contribution in [0.1, 0.15) is 34.8 Å². The molecule has 0 bridgehead atoms. The quantitative estimate of drug-likeness (QED) is 0.403. The summed E-state index contributed by atoms with van der Waals surface area (Å²) in [6.07, 6.45) is 5.46. The molecule has 9 nitrogen and oxygen atoms in total. The van der Waals surface area contributed by atoms with Gasteiger partial charge in [-0.25, -0.2) is 15.0 Å². The second-order valence-electron chi connectivity index (χ2n) is 8.62. The molecule has 0 spiro atoms. The Kier molecular flexibility index (Phi) is 6.33. The van der Waals surface area contributed by atoms with E-state index in [9.17, 15) is 4.79 Å². The van der Waals surface area contributed by atoms with Crippen molar-refractivity contribution in [3.8, 4) is 17.0 Å². The van der Waals surface area contributed by atoms with Crippen LogP contribution in [0.15, 0.2) is 55.1 Å². The molecule has 1 aromatic carbocycles. The van der Waals surface area contributed by atoms with E-state index in [1.165, 1.54) is 0 Å². The maximum absolute atomic E-state index is 12.0. The number of methoxy groups -OCH3 is 1. The Labute approximate surface area is 203 Å². The van der Waals surface area contributed by atoms with Crippen LogP contribution in [-0.4, -0.2) is 59.3 Å². The standard InChI is InChI=1S/C26H28N6O3/c1-16(19-5-4-17(26(33)27-2)10-23(19)34-3)12-29-24-11-22(30-15-31-24)20-6-8-28-25-21(20)7-9-32(25)18-13-35-14-18/h4-11,15-16,18H,12-14H2,1-3H3,(H,27,33)(H,29,30,31)/t16-/m1/s1. The van der Waals surface area contributed by atoms with Crippen molar-refractivity contribution in [3.05, 3.63) is 66.2 Å². The number of carbonyl (C=O) groups excluding carboxylic acids is 1. The number of ether oxygens (including phenoxy) is 2. The summed E-state index contributed by atoms with van der Waals surface area (Å²) in [6.45, 7) is 4.17. The molecule has 1 fully saturated rings. The van der Waals surface area contributed by atoms with Gasteiger partial charge in [0.05, 0.1) is 32.1 Å². The van der Waals surface area contributed by atoms with E-state index in [2.05, 4.69) is 49.3 Å². The Morgan fingerprint density at radius 2 is 2.06 bits per heavy atom. The van der Waals surface area contributed by atoms with Gasteiger partial charge in [-0.2, -0.15) is 0 Å². The van der Waals surface area contributed by atoms with E-state index >= 15 is 0 Å². The van der Waals surface area contributed by atoms with E-state index in [0.29, 0.717) is 23.9 Å². The molecule has 5 rings (SSSR count). The molecule has 1 saturated heterocycles. The van der Waals surface area contributed by atoms with Gasteiger partial charge >= 0.3 is 0 Å². The molecule has 1 amide bonds. The summed E-state index contributed by atoms with van der Waals surface area (Å²) in [5, 5.41) is 7.11. The number of anilines is 1. The molecular formula is C26H28N6O3. The normalized spacial score (nSPS) is 14.4. The highest BCUT2D eigenvalue weighted by molar-refractivity contribution is 5.94. The fraction of sp³-hybridized carbons (Fsp3) is 0.308. The summed E-state index contributed by atoms with van der Waals surface area (Å²) in [4.78, 5) is 25.5. The van der Waals surface area contributed by atoms with Gasteiger partial charge in [0, 0.05) is 54.5 Å². The molecule has 180 valence electrons. The number of nitrogens with zero attached hydrogens (tertiary/aromatic N) is 4. The Morgan fingerprint density at radius 3 is 2.80 bits per heavy atom. The van der Waals surface area contributed by atoms with Crippen molar-refractivity contribution in [3.63, 3.8) is 0 Å². The van der Waals surface area contributed by atoms with Crippen molar-refractivity contribution in [1.82, 2.24) is 24.8 Å². The van der Waals surface area contributed by atoms with E-state index in [1.54, 1.807) is 26.6 Å². The zero-order valence-electron chi connectivity index (χ0n) is 20.0. The fourth-order valence-corrected chi connectivity index (χ4v) is 4.33. The first kappa shape index (κ1) is 22.8.